The van der Waals surface area contributed by atoms with Crippen LogP contribution in [-0.4, -0.2) is 19.7 Å². The zero-order chi connectivity index (χ0) is 10.7. The van der Waals surface area contributed by atoms with Crippen LogP contribution in [0.1, 0.15) is 13.3 Å². The van der Waals surface area contributed by atoms with E-state index in [1.165, 1.54) is 0 Å². The lowest BCUT2D eigenvalue weighted by atomic mass is 10.3. The van der Waals surface area contributed by atoms with E-state index in [1.54, 1.807) is 12.3 Å². The molecule has 0 fully saturated rings. The van der Waals surface area contributed by atoms with Crippen molar-refractivity contribution in [3.05, 3.63) is 24.5 Å². The number of anilines is 1. The van der Waals surface area contributed by atoms with Crippen molar-refractivity contribution in [2.45, 2.75) is 19.9 Å². The molecule has 0 spiro atoms. The van der Waals surface area contributed by atoms with Gasteiger partial charge in [0.25, 0.3) is 0 Å². The number of nitrogens with two attached hydrogens (primary N) is 1. The Kier molecular flexibility index (Phi) is 2.62. The summed E-state index contributed by atoms with van der Waals surface area (Å²) in [7, 11) is 0. The lowest BCUT2D eigenvalue weighted by Crippen LogP contribution is -2.01. The number of rotatable bonds is 3. The van der Waals surface area contributed by atoms with Crippen LogP contribution in [0.5, 0.6) is 0 Å². The van der Waals surface area contributed by atoms with Gasteiger partial charge in [-0.3, -0.25) is 0 Å². The minimum atomic E-state index is 0.423. The molecule has 0 aromatic carbocycles. The fraction of sp³-hybridized carbons (Fsp3) is 0.300. The van der Waals surface area contributed by atoms with Crippen molar-refractivity contribution >= 4 is 5.82 Å². The van der Waals surface area contributed by atoms with E-state index in [0.29, 0.717) is 5.82 Å². The molecule has 2 aromatic rings. The molecule has 0 amide bonds. The predicted octanol–water partition coefficient (Wildman–Crippen LogP) is 1.33. The van der Waals surface area contributed by atoms with Crippen molar-refractivity contribution < 1.29 is 0 Å². The van der Waals surface area contributed by atoms with Gasteiger partial charge in [-0.25, -0.2) is 4.98 Å². The largest absolute Gasteiger partial charge is 0.382 e. The first kappa shape index (κ1) is 9.64. The molecule has 0 atom stereocenters. The number of aromatic nitrogens is 4. The molecule has 5 heteroatoms. The Bertz CT molecular complexity index is 431. The highest BCUT2D eigenvalue weighted by molar-refractivity contribution is 5.50. The number of nitrogens with zero attached hydrogens (tertiary/aromatic N) is 4. The molecule has 0 aliphatic heterocycles. The second kappa shape index (κ2) is 4.08. The lowest BCUT2D eigenvalue weighted by molar-refractivity contribution is 0.683. The average Bonchev–Trinajstić information content (AvgIpc) is 2.68. The predicted molar refractivity (Wildman–Crippen MR) is 58.0 cm³/mol. The van der Waals surface area contributed by atoms with E-state index in [9.17, 15) is 0 Å². The van der Waals surface area contributed by atoms with Crippen LogP contribution in [0.25, 0.3) is 11.5 Å². The molecular formula is C10H13N5. The van der Waals surface area contributed by atoms with Crippen molar-refractivity contribution in [3.8, 4) is 11.5 Å². The lowest BCUT2D eigenvalue weighted by Gasteiger charge is -2.04. The Morgan fingerprint density at radius 3 is 2.87 bits per heavy atom. The smallest absolute Gasteiger partial charge is 0.160 e. The number of nitrogen functional groups attached to an aromatic ring is 1. The van der Waals surface area contributed by atoms with Crippen LogP contribution in [-0.2, 0) is 6.54 Å². The zero-order valence-corrected chi connectivity index (χ0v) is 8.59. The Hall–Kier alpha value is -1.91. The molecule has 0 saturated carbocycles. The Morgan fingerprint density at radius 1 is 1.33 bits per heavy atom. The van der Waals surface area contributed by atoms with E-state index < -0.39 is 0 Å². The first-order chi connectivity index (χ1) is 7.31. The second-order valence-corrected chi connectivity index (χ2v) is 3.29. The van der Waals surface area contributed by atoms with Crippen molar-refractivity contribution in [1.29, 1.82) is 0 Å². The number of imidazole rings is 1. The summed E-state index contributed by atoms with van der Waals surface area (Å²) in [5.41, 5.74) is 6.23. The Morgan fingerprint density at radius 2 is 2.20 bits per heavy atom. The van der Waals surface area contributed by atoms with Gasteiger partial charge in [0.05, 0.1) is 0 Å². The summed E-state index contributed by atoms with van der Waals surface area (Å²) in [4.78, 5) is 4.25. The van der Waals surface area contributed by atoms with Gasteiger partial charge in [0, 0.05) is 18.9 Å². The first-order valence-electron chi connectivity index (χ1n) is 4.92. The maximum atomic E-state index is 5.48. The van der Waals surface area contributed by atoms with Gasteiger partial charge >= 0.3 is 0 Å². The maximum absolute atomic E-state index is 5.48. The van der Waals surface area contributed by atoms with Crippen molar-refractivity contribution in [3.63, 3.8) is 0 Å². The van der Waals surface area contributed by atoms with E-state index in [0.717, 1.165) is 24.5 Å². The molecule has 0 radical (unpaired) electrons. The van der Waals surface area contributed by atoms with Crippen LogP contribution in [0, 0.1) is 0 Å². The van der Waals surface area contributed by atoms with Gasteiger partial charge in [-0.1, -0.05) is 6.92 Å². The van der Waals surface area contributed by atoms with E-state index in [4.69, 9.17) is 5.73 Å². The standard InChI is InChI=1S/C10H13N5/c1-2-6-15-7-5-12-10(15)8-3-4-9(11)14-13-8/h3-5,7H,2,6H2,1H3,(H2,11,14). The SMILES string of the molecule is CCCn1ccnc1-c1ccc(N)nn1. The molecule has 78 valence electrons. The van der Waals surface area contributed by atoms with Crippen LogP contribution >= 0.6 is 0 Å². The van der Waals surface area contributed by atoms with Gasteiger partial charge < -0.3 is 10.3 Å². The third-order valence-electron chi connectivity index (χ3n) is 2.09. The molecule has 0 unspecified atom stereocenters. The van der Waals surface area contributed by atoms with E-state index in [2.05, 4.69) is 26.7 Å². The summed E-state index contributed by atoms with van der Waals surface area (Å²) < 4.78 is 2.06. The highest BCUT2D eigenvalue weighted by Crippen LogP contribution is 2.14. The molecule has 5 nitrogen and oxygen atoms in total. The van der Waals surface area contributed by atoms with Crippen molar-refractivity contribution in [1.82, 2.24) is 19.7 Å². The summed E-state index contributed by atoms with van der Waals surface area (Å²) in [5.74, 6) is 1.26. The Labute approximate surface area is 88.0 Å². The second-order valence-electron chi connectivity index (χ2n) is 3.29. The topological polar surface area (TPSA) is 69.6 Å². The first-order valence-corrected chi connectivity index (χ1v) is 4.92. The minimum Gasteiger partial charge on any atom is -0.382 e. The maximum Gasteiger partial charge on any atom is 0.160 e. The fourth-order valence-corrected chi connectivity index (χ4v) is 1.43. The zero-order valence-electron chi connectivity index (χ0n) is 8.59. The summed E-state index contributed by atoms with van der Waals surface area (Å²) in [6, 6.07) is 3.56. The van der Waals surface area contributed by atoms with E-state index >= 15 is 0 Å². The summed E-state index contributed by atoms with van der Waals surface area (Å²) >= 11 is 0. The molecule has 15 heavy (non-hydrogen) atoms. The summed E-state index contributed by atoms with van der Waals surface area (Å²) in [5, 5.41) is 7.82. The fourth-order valence-electron chi connectivity index (χ4n) is 1.43. The number of hydrogen-bond donors (Lipinski definition) is 1. The van der Waals surface area contributed by atoms with Crippen LogP contribution in [0.3, 0.4) is 0 Å². The van der Waals surface area contributed by atoms with Crippen molar-refractivity contribution in [2.24, 2.45) is 0 Å². The van der Waals surface area contributed by atoms with E-state index in [1.807, 2.05) is 12.3 Å². The molecule has 0 bridgehead atoms. The average molecular weight is 203 g/mol. The van der Waals surface area contributed by atoms with Crippen LogP contribution in [0.15, 0.2) is 24.5 Å². The molecule has 2 heterocycles. The summed E-state index contributed by atoms with van der Waals surface area (Å²) in [6.07, 6.45) is 4.77. The number of aryl methyl sites for hydroxylation is 1. The molecule has 0 aliphatic rings. The Balaban J connectivity index is 2.36. The van der Waals surface area contributed by atoms with Gasteiger partial charge in [0.2, 0.25) is 0 Å². The van der Waals surface area contributed by atoms with Gasteiger partial charge in [0.15, 0.2) is 5.82 Å². The molecule has 0 aliphatic carbocycles. The molecule has 2 N–H and O–H groups in total. The van der Waals surface area contributed by atoms with Crippen LogP contribution in [0.2, 0.25) is 0 Å². The molecule has 2 aromatic heterocycles. The molecule has 0 saturated heterocycles. The van der Waals surface area contributed by atoms with Gasteiger partial charge in [-0.15, -0.1) is 10.2 Å². The monoisotopic (exact) mass is 203 g/mol. The van der Waals surface area contributed by atoms with Gasteiger partial charge in [0.1, 0.15) is 11.5 Å². The van der Waals surface area contributed by atoms with Crippen LogP contribution < -0.4 is 5.73 Å². The van der Waals surface area contributed by atoms with Crippen LogP contribution in [0.4, 0.5) is 5.82 Å². The van der Waals surface area contributed by atoms with E-state index in [-0.39, 0.29) is 0 Å². The normalized spacial score (nSPS) is 10.5. The minimum absolute atomic E-state index is 0.423. The molecule has 2 rings (SSSR count). The number of hydrogen-bond acceptors (Lipinski definition) is 4. The van der Waals surface area contributed by atoms with Gasteiger partial charge in [-0.05, 0) is 18.6 Å². The quantitative estimate of drug-likeness (QED) is 0.817. The van der Waals surface area contributed by atoms with Crippen molar-refractivity contribution in [2.75, 3.05) is 5.73 Å². The molecular weight excluding hydrogens is 190 g/mol. The van der Waals surface area contributed by atoms with Gasteiger partial charge in [-0.2, -0.15) is 0 Å². The highest BCUT2D eigenvalue weighted by Gasteiger charge is 2.06. The third-order valence-corrected chi connectivity index (χ3v) is 2.09. The highest BCUT2D eigenvalue weighted by atomic mass is 15.2. The summed E-state index contributed by atoms with van der Waals surface area (Å²) in [6.45, 7) is 3.06. The third kappa shape index (κ3) is 1.96.